The van der Waals surface area contributed by atoms with Gasteiger partial charge < -0.3 is 10.5 Å². The maximum absolute atomic E-state index is 6.09. The van der Waals surface area contributed by atoms with Crippen LogP contribution in [0.25, 0.3) is 33.0 Å². The van der Waals surface area contributed by atoms with Crippen molar-refractivity contribution in [1.29, 1.82) is 0 Å². The van der Waals surface area contributed by atoms with Crippen molar-refractivity contribution in [2.24, 2.45) is 0 Å². The minimum atomic E-state index is 0.834. The highest BCUT2D eigenvalue weighted by Gasteiger charge is 2.22. The fourth-order valence-corrected chi connectivity index (χ4v) is 2.99. The Kier molecular flexibility index (Phi) is 1.93. The minimum Gasteiger partial charge on any atom is -0.497 e. The molecule has 0 aliphatic heterocycles. The topological polar surface area (TPSA) is 35.2 Å². The summed E-state index contributed by atoms with van der Waals surface area (Å²) in [6.45, 7) is 0. The molecule has 2 N–H and O–H groups in total. The van der Waals surface area contributed by atoms with Crippen LogP contribution < -0.4 is 10.5 Å². The van der Waals surface area contributed by atoms with Crippen LogP contribution in [0.1, 0.15) is 0 Å². The Morgan fingerprint density at radius 2 is 1.63 bits per heavy atom. The van der Waals surface area contributed by atoms with E-state index < -0.39 is 0 Å². The van der Waals surface area contributed by atoms with Gasteiger partial charge in [-0.25, -0.2) is 0 Å². The average Bonchev–Trinajstić information content (AvgIpc) is 2.78. The zero-order valence-corrected chi connectivity index (χ0v) is 10.6. The van der Waals surface area contributed by atoms with E-state index in [-0.39, 0.29) is 0 Å². The molecule has 2 heteroatoms. The van der Waals surface area contributed by atoms with E-state index in [1.165, 1.54) is 27.6 Å². The summed E-state index contributed by atoms with van der Waals surface area (Å²) < 4.78 is 5.33. The van der Waals surface area contributed by atoms with Crippen molar-refractivity contribution in [3.05, 3.63) is 48.5 Å². The Bertz CT molecular complexity index is 821. The lowest BCUT2D eigenvalue weighted by Gasteiger charge is -2.04. The van der Waals surface area contributed by atoms with Gasteiger partial charge in [-0.05, 0) is 45.8 Å². The number of nitrogen functional groups attached to an aromatic ring is 1. The molecule has 92 valence electrons. The molecule has 0 aromatic heterocycles. The lowest BCUT2D eigenvalue weighted by atomic mass is 10.0. The number of hydrogen-bond acceptors (Lipinski definition) is 2. The Labute approximate surface area is 111 Å². The van der Waals surface area contributed by atoms with E-state index in [4.69, 9.17) is 10.5 Å². The van der Waals surface area contributed by atoms with E-state index in [2.05, 4.69) is 36.4 Å². The van der Waals surface area contributed by atoms with E-state index in [0.717, 1.165) is 16.8 Å². The minimum absolute atomic E-state index is 0.834. The first-order valence-electron chi connectivity index (χ1n) is 6.29. The van der Waals surface area contributed by atoms with E-state index in [0.29, 0.717) is 0 Å². The number of ether oxygens (including phenoxy) is 1. The summed E-state index contributed by atoms with van der Waals surface area (Å²) in [6.07, 6.45) is 0. The molecule has 0 saturated heterocycles. The second-order valence-corrected chi connectivity index (χ2v) is 4.84. The molecule has 4 rings (SSSR count). The molecule has 0 spiro atoms. The zero-order valence-electron chi connectivity index (χ0n) is 10.6. The van der Waals surface area contributed by atoms with Gasteiger partial charge in [0, 0.05) is 11.1 Å². The third kappa shape index (κ3) is 1.26. The summed E-state index contributed by atoms with van der Waals surface area (Å²) in [5.74, 6) is 0.886. The van der Waals surface area contributed by atoms with Gasteiger partial charge in [0.2, 0.25) is 0 Å². The first-order chi connectivity index (χ1) is 9.29. The summed E-state index contributed by atoms with van der Waals surface area (Å²) >= 11 is 0. The molecular formula is C17H13NO. The number of fused-ring (bicyclic) bond motifs is 3. The molecule has 3 aromatic carbocycles. The second-order valence-electron chi connectivity index (χ2n) is 4.84. The van der Waals surface area contributed by atoms with Gasteiger partial charge >= 0.3 is 0 Å². The molecule has 0 radical (unpaired) electrons. The summed E-state index contributed by atoms with van der Waals surface area (Å²) in [7, 11) is 1.70. The number of hydrogen-bond donors (Lipinski definition) is 1. The summed E-state index contributed by atoms with van der Waals surface area (Å²) in [5.41, 5.74) is 11.9. The van der Waals surface area contributed by atoms with Gasteiger partial charge in [-0.1, -0.05) is 30.3 Å². The predicted octanol–water partition coefficient (Wildman–Crippen LogP) is 4.08. The molecule has 0 amide bonds. The van der Waals surface area contributed by atoms with Crippen molar-refractivity contribution in [3.63, 3.8) is 0 Å². The van der Waals surface area contributed by atoms with Crippen LogP contribution in [0.4, 0.5) is 5.69 Å². The van der Waals surface area contributed by atoms with Gasteiger partial charge in [-0.3, -0.25) is 0 Å². The standard InChI is InChI=1S/C17H13NO/c1-19-10-5-6-11-13-7-8-16(18)14-4-2-3-12(17(13)14)15(11)9-10/h2-9H,18H2,1H3. The van der Waals surface area contributed by atoms with Crippen molar-refractivity contribution < 1.29 is 4.74 Å². The average molecular weight is 247 g/mol. The summed E-state index contributed by atoms with van der Waals surface area (Å²) in [5, 5.41) is 2.39. The van der Waals surface area contributed by atoms with E-state index in [9.17, 15) is 0 Å². The lowest BCUT2D eigenvalue weighted by Crippen LogP contribution is -1.86. The molecule has 0 unspecified atom stereocenters. The molecule has 0 fully saturated rings. The number of benzene rings is 3. The third-order valence-electron chi connectivity index (χ3n) is 3.88. The summed E-state index contributed by atoms with van der Waals surface area (Å²) in [6, 6.07) is 16.6. The summed E-state index contributed by atoms with van der Waals surface area (Å²) in [4.78, 5) is 0. The van der Waals surface area contributed by atoms with E-state index in [1.807, 2.05) is 12.1 Å². The Morgan fingerprint density at radius 1 is 0.842 bits per heavy atom. The second kappa shape index (κ2) is 3.51. The zero-order chi connectivity index (χ0) is 13.0. The highest BCUT2D eigenvalue weighted by Crippen LogP contribution is 2.49. The van der Waals surface area contributed by atoms with Crippen LogP contribution in [0, 0.1) is 0 Å². The van der Waals surface area contributed by atoms with Crippen LogP contribution in [0.2, 0.25) is 0 Å². The fourth-order valence-electron chi connectivity index (χ4n) is 2.99. The molecule has 1 aliphatic rings. The molecular weight excluding hydrogens is 234 g/mol. The highest BCUT2D eigenvalue weighted by molar-refractivity contribution is 6.18. The van der Waals surface area contributed by atoms with Gasteiger partial charge in [-0.15, -0.1) is 0 Å². The van der Waals surface area contributed by atoms with Crippen LogP contribution in [0.5, 0.6) is 5.75 Å². The first-order valence-corrected chi connectivity index (χ1v) is 6.29. The molecule has 0 atom stereocenters. The predicted molar refractivity (Wildman–Crippen MR) is 79.3 cm³/mol. The smallest absolute Gasteiger partial charge is 0.119 e. The van der Waals surface area contributed by atoms with Crippen molar-refractivity contribution in [1.82, 2.24) is 0 Å². The highest BCUT2D eigenvalue weighted by atomic mass is 16.5. The normalized spacial score (nSPS) is 11.6. The van der Waals surface area contributed by atoms with Crippen LogP contribution in [0.15, 0.2) is 48.5 Å². The third-order valence-corrected chi connectivity index (χ3v) is 3.88. The molecule has 3 aromatic rings. The van der Waals surface area contributed by atoms with Gasteiger partial charge in [0.15, 0.2) is 0 Å². The Balaban J connectivity index is 2.17. The quantitative estimate of drug-likeness (QED) is 0.514. The van der Waals surface area contributed by atoms with Crippen molar-refractivity contribution in [3.8, 4) is 28.0 Å². The number of methoxy groups -OCH3 is 1. The maximum atomic E-state index is 6.09. The monoisotopic (exact) mass is 247 g/mol. The van der Waals surface area contributed by atoms with Crippen LogP contribution >= 0.6 is 0 Å². The van der Waals surface area contributed by atoms with Crippen LogP contribution in [-0.2, 0) is 0 Å². The van der Waals surface area contributed by atoms with Gasteiger partial charge in [0.05, 0.1) is 7.11 Å². The molecule has 0 bridgehead atoms. The molecule has 0 saturated carbocycles. The van der Waals surface area contributed by atoms with Gasteiger partial charge in [0.1, 0.15) is 5.75 Å². The number of nitrogens with two attached hydrogens (primary N) is 1. The molecule has 1 aliphatic carbocycles. The van der Waals surface area contributed by atoms with E-state index >= 15 is 0 Å². The lowest BCUT2D eigenvalue weighted by molar-refractivity contribution is 0.415. The fraction of sp³-hybridized carbons (Fsp3) is 0.0588. The maximum Gasteiger partial charge on any atom is 0.119 e. The van der Waals surface area contributed by atoms with E-state index in [1.54, 1.807) is 7.11 Å². The Hall–Kier alpha value is -2.48. The number of rotatable bonds is 1. The van der Waals surface area contributed by atoms with Crippen molar-refractivity contribution in [2.45, 2.75) is 0 Å². The molecule has 19 heavy (non-hydrogen) atoms. The molecule has 0 heterocycles. The molecule has 2 nitrogen and oxygen atoms in total. The van der Waals surface area contributed by atoms with Gasteiger partial charge in [-0.2, -0.15) is 0 Å². The largest absolute Gasteiger partial charge is 0.497 e. The Morgan fingerprint density at radius 3 is 2.47 bits per heavy atom. The van der Waals surface area contributed by atoms with Gasteiger partial charge in [0.25, 0.3) is 0 Å². The SMILES string of the molecule is COc1ccc2c(c1)-c1cccc3c(N)ccc-2c13. The van der Waals surface area contributed by atoms with Crippen LogP contribution in [-0.4, -0.2) is 7.11 Å². The first kappa shape index (κ1) is 10.4. The van der Waals surface area contributed by atoms with Crippen molar-refractivity contribution >= 4 is 16.5 Å². The van der Waals surface area contributed by atoms with Crippen molar-refractivity contribution in [2.75, 3.05) is 12.8 Å². The van der Waals surface area contributed by atoms with Crippen LogP contribution in [0.3, 0.4) is 0 Å². The number of anilines is 1.